The van der Waals surface area contributed by atoms with E-state index in [2.05, 4.69) is 18.3 Å². The van der Waals surface area contributed by atoms with Gasteiger partial charge in [-0.15, -0.1) is 0 Å². The normalized spacial score (nSPS) is 19.6. The summed E-state index contributed by atoms with van der Waals surface area (Å²) in [4.78, 5) is 0. The van der Waals surface area contributed by atoms with E-state index in [-0.39, 0.29) is 6.04 Å². The van der Waals surface area contributed by atoms with Crippen LogP contribution in [0.15, 0.2) is 24.3 Å². The van der Waals surface area contributed by atoms with Crippen LogP contribution in [0, 0.1) is 0 Å². The molecule has 1 unspecified atom stereocenters. The van der Waals surface area contributed by atoms with E-state index in [1.54, 1.807) is 7.11 Å². The molecule has 0 aromatic heterocycles. The lowest BCUT2D eigenvalue weighted by Gasteiger charge is -2.34. The molecule has 0 spiro atoms. The van der Waals surface area contributed by atoms with Crippen molar-refractivity contribution in [3.63, 3.8) is 0 Å². The van der Waals surface area contributed by atoms with Crippen molar-refractivity contribution in [2.45, 2.75) is 57.1 Å². The quantitative estimate of drug-likeness (QED) is 0.837. The number of hydrogen-bond donors (Lipinski definition) is 2. The molecule has 3 heteroatoms. The molecule has 1 fully saturated rings. The van der Waals surface area contributed by atoms with Crippen molar-refractivity contribution >= 4 is 0 Å². The Morgan fingerprint density at radius 1 is 1.25 bits per heavy atom. The van der Waals surface area contributed by atoms with Crippen molar-refractivity contribution in [2.75, 3.05) is 13.7 Å². The molecular weight excluding hydrogens is 250 g/mol. The third-order valence-electron chi connectivity index (χ3n) is 4.38. The van der Waals surface area contributed by atoms with Crippen molar-refractivity contribution in [1.82, 2.24) is 5.32 Å². The fourth-order valence-corrected chi connectivity index (χ4v) is 3.13. The maximum Gasteiger partial charge on any atom is 0.123 e. The summed E-state index contributed by atoms with van der Waals surface area (Å²) in [5, 5.41) is 14.1. The van der Waals surface area contributed by atoms with Crippen LogP contribution < -0.4 is 10.1 Å². The Morgan fingerprint density at radius 3 is 2.60 bits per heavy atom. The number of methoxy groups -OCH3 is 1. The third kappa shape index (κ3) is 3.74. The third-order valence-corrected chi connectivity index (χ3v) is 4.38. The molecule has 1 atom stereocenters. The van der Waals surface area contributed by atoms with Gasteiger partial charge in [0, 0.05) is 18.2 Å². The number of rotatable bonds is 6. The zero-order valence-corrected chi connectivity index (χ0v) is 12.7. The van der Waals surface area contributed by atoms with Gasteiger partial charge in [0.25, 0.3) is 0 Å². The molecule has 0 bridgehead atoms. The summed E-state index contributed by atoms with van der Waals surface area (Å²) in [6.45, 7) is 2.83. The minimum atomic E-state index is -0.520. The van der Waals surface area contributed by atoms with Crippen LogP contribution in [-0.2, 0) is 0 Å². The standard InChI is InChI=1S/C17H27NO2/c1-3-15(14-9-5-6-10-16(14)20-2)18-13-17(19)11-7-4-8-12-17/h5-6,9-10,15,18-19H,3-4,7-8,11-13H2,1-2H3. The Bertz CT molecular complexity index is 413. The van der Waals surface area contributed by atoms with Gasteiger partial charge < -0.3 is 15.2 Å². The number of hydrogen-bond acceptors (Lipinski definition) is 3. The van der Waals surface area contributed by atoms with Gasteiger partial charge >= 0.3 is 0 Å². The molecule has 0 heterocycles. The van der Waals surface area contributed by atoms with E-state index < -0.39 is 5.60 Å². The van der Waals surface area contributed by atoms with Gasteiger partial charge in [-0.25, -0.2) is 0 Å². The first-order valence-corrected chi connectivity index (χ1v) is 7.77. The van der Waals surface area contributed by atoms with Crippen LogP contribution in [0.2, 0.25) is 0 Å². The highest BCUT2D eigenvalue weighted by Crippen LogP contribution is 2.30. The molecule has 1 aromatic carbocycles. The number of benzene rings is 1. The highest BCUT2D eigenvalue weighted by Gasteiger charge is 2.29. The van der Waals surface area contributed by atoms with Gasteiger partial charge in [0.2, 0.25) is 0 Å². The van der Waals surface area contributed by atoms with E-state index in [0.717, 1.165) is 37.9 Å². The van der Waals surface area contributed by atoms with Crippen molar-refractivity contribution in [1.29, 1.82) is 0 Å². The molecule has 20 heavy (non-hydrogen) atoms. The summed E-state index contributed by atoms with van der Waals surface area (Å²) >= 11 is 0. The Labute approximate surface area is 122 Å². The summed E-state index contributed by atoms with van der Waals surface area (Å²) < 4.78 is 5.44. The summed E-state index contributed by atoms with van der Waals surface area (Å²) in [7, 11) is 1.71. The lowest BCUT2D eigenvalue weighted by Crippen LogP contribution is -2.43. The van der Waals surface area contributed by atoms with Crippen LogP contribution in [0.1, 0.15) is 57.1 Å². The number of ether oxygens (including phenoxy) is 1. The molecule has 3 nitrogen and oxygen atoms in total. The van der Waals surface area contributed by atoms with Gasteiger partial charge in [0.05, 0.1) is 12.7 Å². The van der Waals surface area contributed by atoms with Crippen LogP contribution >= 0.6 is 0 Å². The largest absolute Gasteiger partial charge is 0.496 e. The second-order valence-corrected chi connectivity index (χ2v) is 5.87. The van der Waals surface area contributed by atoms with Crippen molar-refractivity contribution in [3.05, 3.63) is 29.8 Å². The fraction of sp³-hybridized carbons (Fsp3) is 0.647. The molecular formula is C17H27NO2. The molecule has 1 saturated carbocycles. The molecule has 1 aromatic rings. The molecule has 0 saturated heterocycles. The van der Waals surface area contributed by atoms with Crippen LogP contribution in [0.3, 0.4) is 0 Å². The van der Waals surface area contributed by atoms with Crippen LogP contribution in [0.5, 0.6) is 5.75 Å². The average molecular weight is 277 g/mol. The molecule has 0 amide bonds. The van der Waals surface area contributed by atoms with Crippen molar-refractivity contribution in [2.24, 2.45) is 0 Å². The van der Waals surface area contributed by atoms with Crippen LogP contribution in [0.25, 0.3) is 0 Å². The summed E-state index contributed by atoms with van der Waals surface area (Å²) in [6, 6.07) is 8.36. The summed E-state index contributed by atoms with van der Waals surface area (Å²) in [5.41, 5.74) is 0.658. The van der Waals surface area contributed by atoms with E-state index in [0.29, 0.717) is 6.54 Å². The highest BCUT2D eigenvalue weighted by molar-refractivity contribution is 5.35. The predicted octanol–water partition coefficient (Wildman–Crippen LogP) is 3.43. The molecule has 1 aliphatic rings. The van der Waals surface area contributed by atoms with E-state index in [1.165, 1.54) is 12.0 Å². The van der Waals surface area contributed by atoms with E-state index in [1.807, 2.05) is 18.2 Å². The Hall–Kier alpha value is -1.06. The molecule has 0 radical (unpaired) electrons. The molecule has 2 rings (SSSR count). The lowest BCUT2D eigenvalue weighted by atomic mass is 9.84. The Kier molecular flexibility index (Phi) is 5.44. The molecule has 2 N–H and O–H groups in total. The summed E-state index contributed by atoms with van der Waals surface area (Å²) in [5.74, 6) is 0.919. The minimum absolute atomic E-state index is 0.233. The second-order valence-electron chi connectivity index (χ2n) is 5.87. The second kappa shape index (κ2) is 7.09. The molecule has 112 valence electrons. The highest BCUT2D eigenvalue weighted by atomic mass is 16.5. The number of para-hydroxylation sites is 1. The molecule has 0 aliphatic heterocycles. The smallest absolute Gasteiger partial charge is 0.123 e. The van der Waals surface area contributed by atoms with Gasteiger partial charge in [0.15, 0.2) is 0 Å². The van der Waals surface area contributed by atoms with Crippen LogP contribution in [0.4, 0.5) is 0 Å². The van der Waals surface area contributed by atoms with Crippen molar-refractivity contribution < 1.29 is 9.84 Å². The van der Waals surface area contributed by atoms with Crippen LogP contribution in [-0.4, -0.2) is 24.4 Å². The monoisotopic (exact) mass is 277 g/mol. The SMILES string of the molecule is CCC(NCC1(O)CCCCC1)c1ccccc1OC. The molecule has 1 aliphatic carbocycles. The van der Waals surface area contributed by atoms with Gasteiger partial charge in [-0.1, -0.05) is 44.4 Å². The maximum absolute atomic E-state index is 10.6. The average Bonchev–Trinajstić information content (AvgIpc) is 2.49. The number of aliphatic hydroxyl groups is 1. The number of nitrogens with one attached hydrogen (secondary N) is 1. The Balaban J connectivity index is 2.01. The van der Waals surface area contributed by atoms with Crippen molar-refractivity contribution in [3.8, 4) is 5.75 Å². The lowest BCUT2D eigenvalue weighted by molar-refractivity contribution is 0.00242. The van der Waals surface area contributed by atoms with Gasteiger partial charge in [-0.05, 0) is 25.3 Å². The van der Waals surface area contributed by atoms with E-state index in [4.69, 9.17) is 4.74 Å². The summed E-state index contributed by atoms with van der Waals surface area (Å²) in [6.07, 6.45) is 6.36. The zero-order valence-electron chi connectivity index (χ0n) is 12.7. The minimum Gasteiger partial charge on any atom is -0.496 e. The first-order chi connectivity index (χ1) is 9.68. The Morgan fingerprint density at radius 2 is 1.95 bits per heavy atom. The van der Waals surface area contributed by atoms with Gasteiger partial charge in [-0.3, -0.25) is 0 Å². The predicted molar refractivity (Wildman–Crippen MR) is 82.1 cm³/mol. The fourth-order valence-electron chi connectivity index (χ4n) is 3.13. The topological polar surface area (TPSA) is 41.5 Å². The first kappa shape index (κ1) is 15.3. The van der Waals surface area contributed by atoms with E-state index in [9.17, 15) is 5.11 Å². The zero-order chi connectivity index (χ0) is 14.4. The van der Waals surface area contributed by atoms with Gasteiger partial charge in [-0.2, -0.15) is 0 Å². The maximum atomic E-state index is 10.6. The van der Waals surface area contributed by atoms with Gasteiger partial charge in [0.1, 0.15) is 5.75 Å². The first-order valence-electron chi connectivity index (χ1n) is 7.77. The van der Waals surface area contributed by atoms with E-state index >= 15 is 0 Å².